The second-order valence-electron chi connectivity index (χ2n) is 3.81. The summed E-state index contributed by atoms with van der Waals surface area (Å²) in [5.41, 5.74) is -0.295. The molecule has 5 heteroatoms. The largest absolute Gasteiger partial charge is 0.333 e. The number of rotatable bonds is 10. The Morgan fingerprint density at radius 3 is 2.25 bits per heavy atom. The predicted octanol–water partition coefficient (Wildman–Crippen LogP) is 3.40. The molecule has 0 aliphatic rings. The van der Waals surface area contributed by atoms with Crippen LogP contribution in [0, 0.1) is 0 Å². The van der Waals surface area contributed by atoms with Gasteiger partial charge in [-0.25, -0.2) is 0 Å². The zero-order valence-corrected chi connectivity index (χ0v) is 11.4. The number of hydrogen-bond donors (Lipinski definition) is 0. The van der Waals surface area contributed by atoms with Gasteiger partial charge in [-0.1, -0.05) is 32.6 Å². The summed E-state index contributed by atoms with van der Waals surface area (Å²) >= 11 is 0. The maximum absolute atomic E-state index is 12.1. The first-order chi connectivity index (χ1) is 7.64. The van der Waals surface area contributed by atoms with Crippen LogP contribution in [0.3, 0.4) is 0 Å². The normalized spacial score (nSPS) is 13.7. The Kier molecular flexibility index (Phi) is 8.81. The van der Waals surface area contributed by atoms with Crippen LogP contribution in [0.4, 0.5) is 0 Å². The van der Waals surface area contributed by atoms with Crippen molar-refractivity contribution in [1.29, 1.82) is 0 Å². The van der Waals surface area contributed by atoms with Crippen LogP contribution in [-0.2, 0) is 18.4 Å². The highest BCUT2D eigenvalue weighted by atomic mass is 31.2. The van der Waals surface area contributed by atoms with Gasteiger partial charge in [-0.3, -0.25) is 4.57 Å². The van der Waals surface area contributed by atoms with Crippen LogP contribution >= 0.6 is 7.60 Å². The predicted molar refractivity (Wildman–Crippen MR) is 64.9 cm³/mol. The molecule has 0 aliphatic carbocycles. The molecule has 96 valence electrons. The molecule has 0 saturated carbocycles. The van der Waals surface area contributed by atoms with Gasteiger partial charge in [-0.2, -0.15) is 0 Å². The van der Waals surface area contributed by atoms with Gasteiger partial charge in [0.15, 0.2) is 0 Å². The van der Waals surface area contributed by atoms with Crippen LogP contribution < -0.4 is 0 Å². The Hall–Kier alpha value is -0.180. The molecule has 4 nitrogen and oxygen atoms in total. The Morgan fingerprint density at radius 2 is 1.81 bits per heavy atom. The van der Waals surface area contributed by atoms with Gasteiger partial charge in [-0.05, 0) is 6.42 Å². The van der Waals surface area contributed by atoms with Crippen molar-refractivity contribution in [2.75, 3.05) is 14.2 Å². The summed E-state index contributed by atoms with van der Waals surface area (Å²) in [6, 6.07) is 0. The molecular weight excluding hydrogens is 227 g/mol. The molecule has 0 aromatic rings. The summed E-state index contributed by atoms with van der Waals surface area (Å²) in [7, 11) is -0.349. The second-order valence-corrected chi connectivity index (χ2v) is 6.35. The van der Waals surface area contributed by atoms with E-state index in [0.29, 0.717) is 0 Å². The molecule has 1 atom stereocenters. The van der Waals surface area contributed by atoms with Gasteiger partial charge in [0, 0.05) is 20.6 Å². The SMILES string of the molecule is CCCCCCC(CC=O)P(=O)(OC)OC. The minimum atomic E-state index is -3.09. The minimum Gasteiger partial charge on any atom is -0.312 e. The van der Waals surface area contributed by atoms with E-state index in [1.807, 2.05) is 0 Å². The first kappa shape index (κ1) is 15.8. The fourth-order valence-corrected chi connectivity index (χ4v) is 3.28. The second kappa shape index (κ2) is 8.91. The molecule has 0 fully saturated rings. The number of carbonyl (C=O) groups is 1. The lowest BCUT2D eigenvalue weighted by atomic mass is 10.1. The summed E-state index contributed by atoms with van der Waals surface area (Å²) in [5, 5.41) is 0. The number of carbonyl (C=O) groups excluding carboxylic acids is 1. The van der Waals surface area contributed by atoms with Crippen molar-refractivity contribution in [3.8, 4) is 0 Å². The van der Waals surface area contributed by atoms with Crippen molar-refractivity contribution >= 4 is 13.9 Å². The van der Waals surface area contributed by atoms with Gasteiger partial charge in [0.2, 0.25) is 0 Å². The quantitative estimate of drug-likeness (QED) is 0.339. The van der Waals surface area contributed by atoms with E-state index in [2.05, 4.69) is 6.92 Å². The molecule has 0 aromatic heterocycles. The standard InChI is InChI=1S/C11H23O4P/c1-4-5-6-7-8-11(9-10-12)16(13,14-2)15-3/h10-11H,4-9H2,1-3H3. The summed E-state index contributed by atoms with van der Waals surface area (Å²) in [4.78, 5) is 10.6. The Labute approximate surface area is 98.2 Å². The molecule has 0 saturated heterocycles. The zero-order chi connectivity index (χ0) is 12.4. The molecule has 0 amide bonds. The molecular formula is C11H23O4P. The van der Waals surface area contributed by atoms with E-state index in [4.69, 9.17) is 9.05 Å². The van der Waals surface area contributed by atoms with E-state index in [-0.39, 0.29) is 12.1 Å². The smallest absolute Gasteiger partial charge is 0.312 e. The maximum Gasteiger partial charge on any atom is 0.333 e. The summed E-state index contributed by atoms with van der Waals surface area (Å²) in [6.45, 7) is 2.14. The summed E-state index contributed by atoms with van der Waals surface area (Å²) in [6.07, 6.45) is 6.13. The average Bonchev–Trinajstić information content (AvgIpc) is 2.32. The topological polar surface area (TPSA) is 52.6 Å². The number of hydrogen-bond acceptors (Lipinski definition) is 4. The number of aldehydes is 1. The van der Waals surface area contributed by atoms with Crippen LogP contribution in [-0.4, -0.2) is 26.2 Å². The van der Waals surface area contributed by atoms with Gasteiger partial charge < -0.3 is 13.8 Å². The fourth-order valence-electron chi connectivity index (χ4n) is 1.70. The van der Waals surface area contributed by atoms with Crippen LogP contribution in [0.25, 0.3) is 0 Å². The Bertz CT molecular complexity index is 222. The van der Waals surface area contributed by atoms with Crippen LogP contribution in [0.2, 0.25) is 0 Å². The molecule has 0 aromatic carbocycles. The van der Waals surface area contributed by atoms with E-state index in [1.54, 1.807) is 0 Å². The van der Waals surface area contributed by atoms with Crippen molar-refractivity contribution in [1.82, 2.24) is 0 Å². The molecule has 1 unspecified atom stereocenters. The van der Waals surface area contributed by atoms with E-state index >= 15 is 0 Å². The maximum atomic E-state index is 12.1. The fraction of sp³-hybridized carbons (Fsp3) is 0.909. The number of unbranched alkanes of at least 4 members (excludes halogenated alkanes) is 3. The van der Waals surface area contributed by atoms with E-state index < -0.39 is 7.60 Å². The third-order valence-corrected chi connectivity index (χ3v) is 5.10. The van der Waals surface area contributed by atoms with Crippen molar-refractivity contribution in [3.05, 3.63) is 0 Å². The molecule has 0 spiro atoms. The van der Waals surface area contributed by atoms with Crippen LogP contribution in [0.5, 0.6) is 0 Å². The summed E-state index contributed by atoms with van der Waals surface area (Å²) < 4.78 is 22.0. The van der Waals surface area contributed by atoms with Crippen molar-refractivity contribution in [3.63, 3.8) is 0 Å². The van der Waals surface area contributed by atoms with E-state index in [1.165, 1.54) is 14.2 Å². The molecule has 0 radical (unpaired) electrons. The van der Waals surface area contributed by atoms with E-state index in [9.17, 15) is 9.36 Å². The van der Waals surface area contributed by atoms with Crippen molar-refractivity contribution in [2.45, 2.75) is 51.1 Å². The molecule has 0 bridgehead atoms. The molecule has 0 N–H and O–H groups in total. The van der Waals surface area contributed by atoms with Gasteiger partial charge in [-0.15, -0.1) is 0 Å². The first-order valence-corrected chi connectivity index (χ1v) is 7.40. The van der Waals surface area contributed by atoms with Crippen molar-refractivity contribution < 1.29 is 18.4 Å². The third kappa shape index (κ3) is 5.24. The Balaban J connectivity index is 4.24. The van der Waals surface area contributed by atoms with E-state index in [0.717, 1.165) is 38.4 Å². The molecule has 0 heterocycles. The van der Waals surface area contributed by atoms with Gasteiger partial charge in [0.05, 0.1) is 5.66 Å². The van der Waals surface area contributed by atoms with Gasteiger partial charge >= 0.3 is 7.60 Å². The highest BCUT2D eigenvalue weighted by Gasteiger charge is 2.32. The zero-order valence-electron chi connectivity index (χ0n) is 10.5. The molecule has 16 heavy (non-hydrogen) atoms. The lowest BCUT2D eigenvalue weighted by Gasteiger charge is -2.22. The monoisotopic (exact) mass is 250 g/mol. The van der Waals surface area contributed by atoms with Gasteiger partial charge in [0.25, 0.3) is 0 Å². The van der Waals surface area contributed by atoms with Crippen molar-refractivity contribution in [2.24, 2.45) is 0 Å². The minimum absolute atomic E-state index is 0.241. The summed E-state index contributed by atoms with van der Waals surface area (Å²) in [5.74, 6) is 0. The lowest BCUT2D eigenvalue weighted by Crippen LogP contribution is -2.12. The molecule has 0 aliphatic heterocycles. The van der Waals surface area contributed by atoms with Crippen LogP contribution in [0.15, 0.2) is 0 Å². The van der Waals surface area contributed by atoms with Crippen LogP contribution in [0.1, 0.15) is 45.4 Å². The Morgan fingerprint density at radius 1 is 1.19 bits per heavy atom. The highest BCUT2D eigenvalue weighted by Crippen LogP contribution is 2.54. The lowest BCUT2D eigenvalue weighted by molar-refractivity contribution is -0.108. The third-order valence-electron chi connectivity index (χ3n) is 2.72. The average molecular weight is 250 g/mol. The first-order valence-electron chi connectivity index (χ1n) is 5.79. The van der Waals surface area contributed by atoms with Gasteiger partial charge in [0.1, 0.15) is 6.29 Å². The molecule has 0 rings (SSSR count). The highest BCUT2D eigenvalue weighted by molar-refractivity contribution is 7.54.